The minimum absolute atomic E-state index is 0.0708. The van der Waals surface area contributed by atoms with Gasteiger partial charge in [0.25, 0.3) is 5.91 Å². The lowest BCUT2D eigenvalue weighted by atomic mass is 10.3. The van der Waals surface area contributed by atoms with Gasteiger partial charge in [0, 0.05) is 11.8 Å². The van der Waals surface area contributed by atoms with E-state index >= 15 is 0 Å². The largest absolute Gasteiger partial charge is 0.497 e. The molecule has 0 aliphatic rings. The molecule has 1 aromatic heterocycles. The molecule has 0 saturated heterocycles. The fraction of sp³-hybridized carbons (Fsp3) is 0.333. The molecule has 5 heteroatoms. The van der Waals surface area contributed by atoms with Crippen LogP contribution in [0.3, 0.4) is 0 Å². The van der Waals surface area contributed by atoms with Crippen LogP contribution in [0.1, 0.15) is 22.6 Å². The van der Waals surface area contributed by atoms with Crippen LogP contribution in [0.5, 0.6) is 11.5 Å². The van der Waals surface area contributed by atoms with Crippen LogP contribution in [-0.4, -0.2) is 29.4 Å². The highest BCUT2D eigenvalue weighted by atomic mass is 16.5. The normalized spacial score (nSPS) is 10.3. The van der Waals surface area contributed by atoms with Gasteiger partial charge < -0.3 is 9.47 Å². The van der Waals surface area contributed by atoms with E-state index in [4.69, 9.17) is 9.47 Å². The third kappa shape index (κ3) is 3.38. The summed E-state index contributed by atoms with van der Waals surface area (Å²) in [5, 5.41) is 4.15. The van der Waals surface area contributed by atoms with Gasteiger partial charge >= 0.3 is 0 Å². The fourth-order valence-electron chi connectivity index (χ4n) is 1.93. The summed E-state index contributed by atoms with van der Waals surface area (Å²) in [5.74, 6) is 1.34. The van der Waals surface area contributed by atoms with Crippen LogP contribution in [0.15, 0.2) is 30.3 Å². The van der Waals surface area contributed by atoms with E-state index in [1.54, 1.807) is 13.2 Å². The average molecular weight is 274 g/mol. The lowest BCUT2D eigenvalue weighted by Gasteiger charge is -2.07. The molecule has 0 fully saturated rings. The number of benzene rings is 1. The van der Waals surface area contributed by atoms with E-state index < -0.39 is 0 Å². The lowest BCUT2D eigenvalue weighted by Crippen LogP contribution is -2.17. The quantitative estimate of drug-likeness (QED) is 0.841. The summed E-state index contributed by atoms with van der Waals surface area (Å²) < 4.78 is 12.1. The van der Waals surface area contributed by atoms with Crippen LogP contribution in [-0.2, 0) is 0 Å². The van der Waals surface area contributed by atoms with Crippen LogP contribution < -0.4 is 9.47 Å². The number of ether oxygens (including phenoxy) is 2. The molecule has 0 spiro atoms. The molecule has 0 radical (unpaired) electrons. The van der Waals surface area contributed by atoms with Crippen molar-refractivity contribution in [3.8, 4) is 11.5 Å². The zero-order valence-corrected chi connectivity index (χ0v) is 11.9. The third-order valence-corrected chi connectivity index (χ3v) is 2.87. The fourth-order valence-corrected chi connectivity index (χ4v) is 1.93. The molecule has 0 aliphatic heterocycles. The number of hydrogen-bond donors (Lipinski definition) is 0. The first-order valence-corrected chi connectivity index (χ1v) is 6.43. The van der Waals surface area contributed by atoms with Gasteiger partial charge in [0.2, 0.25) is 0 Å². The van der Waals surface area contributed by atoms with Crippen LogP contribution in [0.4, 0.5) is 0 Å². The van der Waals surface area contributed by atoms with Crippen molar-refractivity contribution in [3.63, 3.8) is 0 Å². The van der Waals surface area contributed by atoms with Gasteiger partial charge in [-0.25, -0.2) is 4.68 Å². The number of methoxy groups -OCH3 is 1. The number of carbonyl (C=O) groups excluding carboxylic acids is 1. The number of rotatable bonds is 5. The Balaban J connectivity index is 1.89. The molecule has 0 N–H and O–H groups in total. The molecule has 0 bridgehead atoms. The van der Waals surface area contributed by atoms with Gasteiger partial charge in [-0.3, -0.25) is 4.79 Å². The Kier molecular flexibility index (Phi) is 4.40. The maximum absolute atomic E-state index is 12.0. The highest BCUT2D eigenvalue weighted by molar-refractivity contribution is 5.78. The summed E-state index contributed by atoms with van der Waals surface area (Å²) in [7, 11) is 1.60. The molecule has 0 saturated carbocycles. The lowest BCUT2D eigenvalue weighted by molar-refractivity contribution is 0.0862. The molecule has 0 aliphatic carbocycles. The molecule has 20 heavy (non-hydrogen) atoms. The minimum atomic E-state index is -0.0708. The van der Waals surface area contributed by atoms with E-state index in [-0.39, 0.29) is 12.3 Å². The molecular weight excluding hydrogens is 256 g/mol. The monoisotopic (exact) mass is 274 g/mol. The second-order valence-electron chi connectivity index (χ2n) is 4.51. The van der Waals surface area contributed by atoms with Gasteiger partial charge in [0.1, 0.15) is 11.5 Å². The number of nitrogens with zero attached hydrogens (tertiary/aromatic N) is 2. The van der Waals surface area contributed by atoms with Gasteiger partial charge in [-0.1, -0.05) is 6.07 Å². The Labute approximate surface area is 118 Å². The van der Waals surface area contributed by atoms with Gasteiger partial charge in [-0.2, -0.15) is 5.10 Å². The summed E-state index contributed by atoms with van der Waals surface area (Å²) in [6.07, 6.45) is 0.277. The van der Waals surface area contributed by atoms with Crippen LogP contribution >= 0.6 is 0 Å². The van der Waals surface area contributed by atoms with Gasteiger partial charge in [0.15, 0.2) is 0 Å². The Morgan fingerprint density at radius 1 is 1.25 bits per heavy atom. The number of hydrogen-bond acceptors (Lipinski definition) is 4. The van der Waals surface area contributed by atoms with Gasteiger partial charge in [0.05, 0.1) is 25.8 Å². The first kappa shape index (κ1) is 14.1. The molecule has 5 nitrogen and oxygen atoms in total. The van der Waals surface area contributed by atoms with Crippen molar-refractivity contribution < 1.29 is 14.3 Å². The average Bonchev–Trinajstić information content (AvgIpc) is 2.78. The van der Waals surface area contributed by atoms with E-state index in [0.717, 1.165) is 17.1 Å². The smallest absolute Gasteiger partial charge is 0.250 e. The van der Waals surface area contributed by atoms with E-state index in [2.05, 4.69) is 5.10 Å². The van der Waals surface area contributed by atoms with Gasteiger partial charge in [-0.15, -0.1) is 0 Å². The summed E-state index contributed by atoms with van der Waals surface area (Å²) in [4.78, 5) is 12.0. The predicted octanol–water partition coefficient (Wildman–Crippen LogP) is 2.62. The maximum atomic E-state index is 12.0. The molecular formula is C15H18N2O3. The van der Waals surface area contributed by atoms with E-state index in [1.807, 2.05) is 38.1 Å². The summed E-state index contributed by atoms with van der Waals surface area (Å²) >= 11 is 0. The summed E-state index contributed by atoms with van der Waals surface area (Å²) in [5.41, 5.74) is 1.68. The maximum Gasteiger partial charge on any atom is 0.250 e. The first-order chi connectivity index (χ1) is 9.60. The molecule has 1 aromatic carbocycles. The van der Waals surface area contributed by atoms with E-state index in [0.29, 0.717) is 12.4 Å². The third-order valence-electron chi connectivity index (χ3n) is 2.87. The molecule has 2 aromatic rings. The van der Waals surface area contributed by atoms with Crippen molar-refractivity contribution in [1.29, 1.82) is 0 Å². The Morgan fingerprint density at radius 3 is 2.65 bits per heavy atom. The van der Waals surface area contributed by atoms with Crippen LogP contribution in [0, 0.1) is 13.8 Å². The molecule has 0 unspecified atom stereocenters. The minimum Gasteiger partial charge on any atom is -0.497 e. The summed E-state index contributed by atoms with van der Waals surface area (Å²) in [6, 6.07) is 9.18. The second-order valence-corrected chi connectivity index (χ2v) is 4.51. The topological polar surface area (TPSA) is 53.4 Å². The highest BCUT2D eigenvalue weighted by Crippen LogP contribution is 2.18. The van der Waals surface area contributed by atoms with Crippen molar-refractivity contribution in [2.24, 2.45) is 0 Å². The van der Waals surface area contributed by atoms with E-state index in [1.165, 1.54) is 4.68 Å². The van der Waals surface area contributed by atoms with Crippen molar-refractivity contribution >= 4 is 5.91 Å². The molecule has 0 amide bonds. The van der Waals surface area contributed by atoms with Crippen LogP contribution in [0.2, 0.25) is 0 Å². The molecule has 2 rings (SSSR count). The number of carbonyl (C=O) groups is 1. The highest BCUT2D eigenvalue weighted by Gasteiger charge is 2.10. The number of aryl methyl sites for hydroxylation is 2. The Morgan fingerprint density at radius 2 is 2.00 bits per heavy atom. The van der Waals surface area contributed by atoms with Crippen molar-refractivity contribution in [3.05, 3.63) is 41.7 Å². The zero-order valence-electron chi connectivity index (χ0n) is 11.9. The van der Waals surface area contributed by atoms with Crippen molar-refractivity contribution in [2.75, 3.05) is 13.7 Å². The van der Waals surface area contributed by atoms with Gasteiger partial charge in [-0.05, 0) is 32.0 Å². The molecule has 1 heterocycles. The van der Waals surface area contributed by atoms with Crippen LogP contribution in [0.25, 0.3) is 0 Å². The van der Waals surface area contributed by atoms with E-state index in [9.17, 15) is 4.79 Å². The molecule has 0 atom stereocenters. The van der Waals surface area contributed by atoms with Crippen molar-refractivity contribution in [1.82, 2.24) is 9.78 Å². The first-order valence-electron chi connectivity index (χ1n) is 6.43. The molecule has 106 valence electrons. The number of aromatic nitrogens is 2. The predicted molar refractivity (Wildman–Crippen MR) is 75.4 cm³/mol. The zero-order chi connectivity index (χ0) is 14.5. The van der Waals surface area contributed by atoms with Crippen molar-refractivity contribution in [2.45, 2.75) is 20.3 Å². The Hall–Kier alpha value is -2.30. The SMILES string of the molecule is COc1cccc(OCCC(=O)n2nc(C)cc2C)c1. The standard InChI is InChI=1S/C15H18N2O3/c1-11-9-12(2)17(16-11)15(18)7-8-20-14-6-4-5-13(10-14)19-3/h4-6,9-10H,7-8H2,1-3H3. The Bertz CT molecular complexity index is 605. The summed E-state index contributed by atoms with van der Waals surface area (Å²) in [6.45, 7) is 4.04. The second kappa shape index (κ2) is 6.23.